The van der Waals surface area contributed by atoms with Gasteiger partial charge < -0.3 is 10.4 Å². The molecule has 0 saturated carbocycles. The van der Waals surface area contributed by atoms with Crippen molar-refractivity contribution in [3.05, 3.63) is 65.2 Å². The maximum atomic E-state index is 13.7. The highest BCUT2D eigenvalue weighted by molar-refractivity contribution is 7.89. The number of hydrogen-bond donors (Lipinski definition) is 2. The first kappa shape index (κ1) is 20.7. The summed E-state index contributed by atoms with van der Waals surface area (Å²) in [5, 5.41) is 13.5. The Bertz CT molecular complexity index is 1130. The van der Waals surface area contributed by atoms with Gasteiger partial charge in [0.2, 0.25) is 10.0 Å². The van der Waals surface area contributed by atoms with E-state index in [1.165, 1.54) is 24.0 Å². The van der Waals surface area contributed by atoms with Crippen LogP contribution in [0.2, 0.25) is 0 Å². The summed E-state index contributed by atoms with van der Waals surface area (Å²) < 4.78 is 29.1. The van der Waals surface area contributed by atoms with Crippen molar-refractivity contribution < 1.29 is 13.5 Å². The molecule has 0 aromatic heterocycles. The van der Waals surface area contributed by atoms with Crippen LogP contribution in [-0.4, -0.2) is 37.0 Å². The summed E-state index contributed by atoms with van der Waals surface area (Å²) in [6.45, 7) is 2.31. The van der Waals surface area contributed by atoms with E-state index in [9.17, 15) is 13.5 Å². The maximum absolute atomic E-state index is 13.7. The number of nitrogens with zero attached hydrogens (tertiary/aromatic N) is 1. The second-order valence-electron chi connectivity index (χ2n) is 8.99. The van der Waals surface area contributed by atoms with Crippen molar-refractivity contribution in [2.75, 3.05) is 18.5 Å². The van der Waals surface area contributed by atoms with Gasteiger partial charge in [-0.25, -0.2) is 8.42 Å². The summed E-state index contributed by atoms with van der Waals surface area (Å²) in [7, 11) is -3.64. The highest BCUT2D eigenvalue weighted by Crippen LogP contribution is 2.49. The Balaban J connectivity index is 1.61. The number of allylic oxidation sites excluding steroid dienone is 2. The van der Waals surface area contributed by atoms with Crippen LogP contribution in [0.4, 0.5) is 5.69 Å². The van der Waals surface area contributed by atoms with Gasteiger partial charge in [-0.2, -0.15) is 4.31 Å². The van der Waals surface area contributed by atoms with Crippen LogP contribution < -0.4 is 5.32 Å². The number of anilines is 1. The lowest BCUT2D eigenvalue weighted by atomic mass is 9.82. The molecule has 3 atom stereocenters. The molecule has 1 aliphatic carbocycles. The van der Waals surface area contributed by atoms with Crippen molar-refractivity contribution in [1.82, 2.24) is 4.31 Å². The van der Waals surface area contributed by atoms with Crippen molar-refractivity contribution in [2.24, 2.45) is 5.92 Å². The third-order valence-corrected chi connectivity index (χ3v) is 9.21. The smallest absolute Gasteiger partial charge is 0.243 e. The minimum atomic E-state index is -3.64. The Kier molecular flexibility index (Phi) is 5.40. The molecule has 2 aromatic carbocycles. The van der Waals surface area contributed by atoms with Crippen LogP contribution in [0.15, 0.2) is 53.4 Å². The lowest BCUT2D eigenvalue weighted by Gasteiger charge is -2.39. The molecule has 0 spiro atoms. The molecule has 1 saturated heterocycles. The zero-order valence-corrected chi connectivity index (χ0v) is 18.7. The summed E-state index contributed by atoms with van der Waals surface area (Å²) in [5.74, 6) is 0.0480. The second kappa shape index (κ2) is 8.08. The van der Waals surface area contributed by atoms with Crippen LogP contribution in [0, 0.1) is 12.8 Å². The first-order valence-electron chi connectivity index (χ1n) is 11.3. The van der Waals surface area contributed by atoms with E-state index in [1.807, 2.05) is 19.1 Å². The fourth-order valence-corrected chi connectivity index (χ4v) is 7.46. The molecule has 0 radical (unpaired) electrons. The summed E-state index contributed by atoms with van der Waals surface area (Å²) in [4.78, 5) is 0.377. The number of nitrogens with one attached hydrogen (secondary N) is 1. The zero-order chi connectivity index (χ0) is 21.6. The Labute approximate surface area is 184 Å². The quantitative estimate of drug-likeness (QED) is 0.738. The lowest BCUT2D eigenvalue weighted by molar-refractivity contribution is 0.210. The van der Waals surface area contributed by atoms with Crippen molar-refractivity contribution in [1.29, 1.82) is 0 Å². The van der Waals surface area contributed by atoms with Crippen LogP contribution in [0.25, 0.3) is 5.57 Å². The van der Waals surface area contributed by atoms with Crippen molar-refractivity contribution >= 4 is 21.3 Å². The molecule has 0 unspecified atom stereocenters. The van der Waals surface area contributed by atoms with Crippen LogP contribution in [0.5, 0.6) is 0 Å². The number of benzene rings is 2. The molecule has 2 aliphatic heterocycles. The number of hydrogen-bond acceptors (Lipinski definition) is 4. The second-order valence-corrected chi connectivity index (χ2v) is 10.8. The van der Waals surface area contributed by atoms with E-state index >= 15 is 0 Å². The Morgan fingerprint density at radius 2 is 2.00 bits per heavy atom. The van der Waals surface area contributed by atoms with E-state index in [0.29, 0.717) is 11.4 Å². The molecule has 3 aliphatic rings. The summed E-state index contributed by atoms with van der Waals surface area (Å²) in [5.41, 5.74) is 5.29. The Morgan fingerprint density at radius 3 is 2.74 bits per heavy atom. The summed E-state index contributed by atoms with van der Waals surface area (Å²) in [6.07, 6.45) is 7.68. The van der Waals surface area contributed by atoms with Gasteiger partial charge in [0.15, 0.2) is 0 Å². The van der Waals surface area contributed by atoms with E-state index in [0.717, 1.165) is 36.1 Å². The first-order chi connectivity index (χ1) is 15.0. The predicted molar refractivity (Wildman–Crippen MR) is 123 cm³/mol. The molecule has 5 nitrogen and oxygen atoms in total. The number of aliphatic hydroxyl groups excluding tert-OH is 1. The molecule has 6 heteroatoms. The van der Waals surface area contributed by atoms with Gasteiger partial charge in [0.25, 0.3) is 0 Å². The number of fused-ring (bicyclic) bond motifs is 3. The molecule has 0 amide bonds. The van der Waals surface area contributed by atoms with Gasteiger partial charge in [0.05, 0.1) is 23.6 Å². The molecular weight excluding hydrogens is 408 g/mol. The minimum Gasteiger partial charge on any atom is -0.394 e. The van der Waals surface area contributed by atoms with Gasteiger partial charge in [-0.05, 0) is 79.5 Å². The lowest BCUT2D eigenvalue weighted by Crippen LogP contribution is -2.43. The molecule has 2 N–H and O–H groups in total. The van der Waals surface area contributed by atoms with Gasteiger partial charge in [0.1, 0.15) is 0 Å². The molecule has 1 fully saturated rings. The summed E-state index contributed by atoms with van der Waals surface area (Å²) in [6, 6.07) is 13.2. The van der Waals surface area contributed by atoms with E-state index < -0.39 is 10.0 Å². The predicted octanol–water partition coefficient (Wildman–Crippen LogP) is 4.49. The maximum Gasteiger partial charge on any atom is 0.243 e. The first-order valence-corrected chi connectivity index (χ1v) is 12.7. The Morgan fingerprint density at radius 1 is 1.16 bits per heavy atom. The van der Waals surface area contributed by atoms with Gasteiger partial charge in [-0.1, -0.05) is 30.3 Å². The average molecular weight is 439 g/mol. The van der Waals surface area contributed by atoms with Crippen molar-refractivity contribution in [3.8, 4) is 0 Å². The van der Waals surface area contributed by atoms with Gasteiger partial charge >= 0.3 is 0 Å². The zero-order valence-electron chi connectivity index (χ0n) is 17.9. The van der Waals surface area contributed by atoms with Crippen molar-refractivity contribution in [2.45, 2.75) is 56.0 Å². The monoisotopic (exact) mass is 438 g/mol. The third-order valence-electron chi connectivity index (χ3n) is 7.17. The number of sulfonamides is 1. The van der Waals surface area contributed by atoms with Crippen LogP contribution >= 0.6 is 0 Å². The van der Waals surface area contributed by atoms with Gasteiger partial charge in [-0.3, -0.25) is 0 Å². The fraction of sp³-hybridized carbons (Fsp3) is 0.440. The van der Waals surface area contributed by atoms with Crippen LogP contribution in [0.3, 0.4) is 0 Å². The Hall–Kier alpha value is -2.15. The molecule has 164 valence electrons. The summed E-state index contributed by atoms with van der Waals surface area (Å²) >= 11 is 0. The van der Waals surface area contributed by atoms with Gasteiger partial charge in [-0.15, -0.1) is 0 Å². The van der Waals surface area contributed by atoms with E-state index in [-0.39, 0.29) is 24.6 Å². The van der Waals surface area contributed by atoms with Gasteiger partial charge in [0, 0.05) is 18.2 Å². The highest BCUT2D eigenvalue weighted by Gasteiger charge is 2.48. The largest absolute Gasteiger partial charge is 0.394 e. The van der Waals surface area contributed by atoms with E-state index in [1.54, 1.807) is 16.4 Å². The molecule has 2 heterocycles. The fourth-order valence-electron chi connectivity index (χ4n) is 5.56. The number of aryl methyl sites for hydroxylation is 1. The number of rotatable bonds is 4. The minimum absolute atomic E-state index is 0.00817. The highest BCUT2D eigenvalue weighted by atomic mass is 32.2. The van der Waals surface area contributed by atoms with Crippen molar-refractivity contribution in [3.63, 3.8) is 0 Å². The standard InChI is InChI=1S/C25H30N2O3S/c1-17-7-5-6-10-24(17)31(29,30)27-14-13-20-23(16-28)26-22-12-11-19(15-21(22)25(20)27)18-8-3-2-4-9-18/h5-8,10-12,15,20,23,25-26,28H,2-4,9,13-14,16H2,1H3/t20-,23+,25-/m1/s1. The number of aliphatic hydroxyl groups is 1. The van der Waals surface area contributed by atoms with Crippen LogP contribution in [0.1, 0.15) is 54.8 Å². The average Bonchev–Trinajstić information content (AvgIpc) is 3.25. The molecule has 31 heavy (non-hydrogen) atoms. The molecule has 2 aromatic rings. The topological polar surface area (TPSA) is 69.6 Å². The normalized spacial score (nSPS) is 26.0. The molecule has 5 rings (SSSR count). The van der Waals surface area contributed by atoms with E-state index in [2.05, 4.69) is 29.6 Å². The van der Waals surface area contributed by atoms with E-state index in [4.69, 9.17) is 0 Å². The third kappa shape index (κ3) is 3.51. The van der Waals surface area contributed by atoms with Crippen LogP contribution in [-0.2, 0) is 10.0 Å². The molecule has 0 bridgehead atoms. The molecular formula is C25H30N2O3S. The SMILES string of the molecule is Cc1ccccc1S(=O)(=O)N1CC[C@@H]2[C@H](CO)Nc3ccc(C4=CCCCC4)cc3[C@@H]21.